The van der Waals surface area contributed by atoms with Crippen molar-refractivity contribution in [1.29, 1.82) is 0 Å². The molecule has 2 aliphatic heterocycles. The number of nitrogens with one attached hydrogen (secondary N) is 1. The van der Waals surface area contributed by atoms with Crippen LogP contribution in [-0.2, 0) is 9.59 Å². The highest BCUT2D eigenvalue weighted by molar-refractivity contribution is 5.94. The molecule has 1 aromatic carbocycles. The number of hydrogen-bond donors (Lipinski definition) is 1. The molecule has 0 saturated carbocycles. The summed E-state index contributed by atoms with van der Waals surface area (Å²) >= 11 is 0. The molecule has 2 amide bonds. The molecule has 0 bridgehead atoms. The minimum absolute atomic E-state index is 0.0469. The van der Waals surface area contributed by atoms with Crippen molar-refractivity contribution in [3.63, 3.8) is 0 Å². The zero-order valence-electron chi connectivity index (χ0n) is 16.7. The van der Waals surface area contributed by atoms with Gasteiger partial charge in [-0.2, -0.15) is 8.78 Å². The summed E-state index contributed by atoms with van der Waals surface area (Å²) in [5.74, 6) is 0.0841. The summed E-state index contributed by atoms with van der Waals surface area (Å²) < 4.78 is 28.7. The lowest BCUT2D eigenvalue weighted by atomic mass is 10.2. The van der Waals surface area contributed by atoms with Gasteiger partial charge >= 0.3 is 6.61 Å². The van der Waals surface area contributed by atoms with E-state index >= 15 is 0 Å². The number of anilines is 1. The van der Waals surface area contributed by atoms with Crippen LogP contribution in [0.3, 0.4) is 0 Å². The predicted molar refractivity (Wildman–Crippen MR) is 105 cm³/mol. The molecular formula is C20H28F2N4O3. The topological polar surface area (TPSA) is 65.1 Å². The number of rotatable bonds is 7. The second-order valence-electron chi connectivity index (χ2n) is 7.47. The van der Waals surface area contributed by atoms with Crippen LogP contribution in [0.15, 0.2) is 24.3 Å². The number of benzene rings is 1. The van der Waals surface area contributed by atoms with E-state index in [0.29, 0.717) is 25.3 Å². The van der Waals surface area contributed by atoms with Crippen LogP contribution in [0, 0.1) is 0 Å². The Morgan fingerprint density at radius 2 is 1.66 bits per heavy atom. The molecule has 2 fully saturated rings. The van der Waals surface area contributed by atoms with Crippen molar-refractivity contribution >= 4 is 17.5 Å². The smallest absolute Gasteiger partial charge is 0.387 e. The highest BCUT2D eigenvalue weighted by Gasteiger charge is 2.27. The maximum absolute atomic E-state index is 12.5. The molecule has 1 aromatic rings. The molecule has 3 rings (SSSR count). The molecule has 160 valence electrons. The number of amides is 2. The molecule has 2 heterocycles. The van der Waals surface area contributed by atoms with Crippen molar-refractivity contribution in [3.8, 4) is 5.75 Å². The van der Waals surface area contributed by atoms with Gasteiger partial charge in [0, 0.05) is 45.0 Å². The normalized spacial score (nSPS) is 19.4. The zero-order chi connectivity index (χ0) is 20.8. The lowest BCUT2D eigenvalue weighted by molar-refractivity contribution is -0.132. The summed E-state index contributed by atoms with van der Waals surface area (Å²) in [5, 5.41) is 2.80. The van der Waals surface area contributed by atoms with Gasteiger partial charge in [0.2, 0.25) is 11.8 Å². The van der Waals surface area contributed by atoms with Crippen molar-refractivity contribution in [2.45, 2.75) is 32.4 Å². The number of hydrogen-bond acceptors (Lipinski definition) is 5. The average Bonchev–Trinajstić information content (AvgIpc) is 3.24. The summed E-state index contributed by atoms with van der Waals surface area (Å²) in [6, 6.07) is 5.52. The Kier molecular flexibility index (Phi) is 7.38. The van der Waals surface area contributed by atoms with Gasteiger partial charge in [-0.05, 0) is 44.0 Å². The average molecular weight is 410 g/mol. The summed E-state index contributed by atoms with van der Waals surface area (Å²) in [5.41, 5.74) is 0.526. The first-order valence-corrected chi connectivity index (χ1v) is 10.0. The van der Waals surface area contributed by atoms with Gasteiger partial charge in [-0.15, -0.1) is 0 Å². The van der Waals surface area contributed by atoms with Gasteiger partial charge in [-0.3, -0.25) is 19.4 Å². The predicted octanol–water partition coefficient (Wildman–Crippen LogP) is 1.85. The van der Waals surface area contributed by atoms with E-state index < -0.39 is 6.61 Å². The third-order valence-electron chi connectivity index (χ3n) is 5.50. The molecule has 2 aliphatic rings. The molecule has 2 saturated heterocycles. The third-order valence-corrected chi connectivity index (χ3v) is 5.50. The maximum Gasteiger partial charge on any atom is 0.387 e. The molecule has 0 aliphatic carbocycles. The van der Waals surface area contributed by atoms with E-state index in [9.17, 15) is 18.4 Å². The Morgan fingerprint density at radius 1 is 1.03 bits per heavy atom. The Morgan fingerprint density at radius 3 is 2.24 bits per heavy atom. The SMILES string of the molecule is CC(C(=O)Nc1ccc(OC(F)F)cc1)N1CCN(CC(=O)N2CCCC2)CC1. The highest BCUT2D eigenvalue weighted by atomic mass is 19.3. The zero-order valence-corrected chi connectivity index (χ0v) is 16.7. The van der Waals surface area contributed by atoms with Gasteiger partial charge in [0.05, 0.1) is 12.6 Å². The van der Waals surface area contributed by atoms with Crippen molar-refractivity contribution < 1.29 is 23.1 Å². The van der Waals surface area contributed by atoms with Crippen LogP contribution in [0.5, 0.6) is 5.75 Å². The first-order chi connectivity index (χ1) is 13.9. The van der Waals surface area contributed by atoms with Gasteiger partial charge in [-0.25, -0.2) is 0 Å². The van der Waals surface area contributed by atoms with Gasteiger partial charge in [0.15, 0.2) is 0 Å². The van der Waals surface area contributed by atoms with E-state index in [4.69, 9.17) is 0 Å². The number of nitrogens with zero attached hydrogens (tertiary/aromatic N) is 3. The van der Waals surface area contributed by atoms with Crippen LogP contribution in [0.25, 0.3) is 0 Å². The van der Waals surface area contributed by atoms with E-state index in [1.54, 1.807) is 0 Å². The van der Waals surface area contributed by atoms with Gasteiger partial charge in [-0.1, -0.05) is 0 Å². The Bertz CT molecular complexity index is 687. The number of alkyl halides is 2. The van der Waals surface area contributed by atoms with E-state index in [0.717, 1.165) is 39.0 Å². The highest BCUT2D eigenvalue weighted by Crippen LogP contribution is 2.18. The molecule has 1 atom stereocenters. The largest absolute Gasteiger partial charge is 0.435 e. The summed E-state index contributed by atoms with van der Waals surface area (Å²) in [6.07, 6.45) is 2.18. The fourth-order valence-corrected chi connectivity index (χ4v) is 3.70. The molecule has 29 heavy (non-hydrogen) atoms. The Hall–Kier alpha value is -2.26. The van der Waals surface area contributed by atoms with Crippen LogP contribution in [0.4, 0.5) is 14.5 Å². The first kappa shape index (κ1) is 21.4. The van der Waals surface area contributed by atoms with Gasteiger partial charge < -0.3 is 15.0 Å². The minimum atomic E-state index is -2.88. The molecular weight excluding hydrogens is 382 g/mol. The van der Waals surface area contributed by atoms with Crippen molar-refractivity contribution in [2.24, 2.45) is 0 Å². The minimum Gasteiger partial charge on any atom is -0.435 e. The van der Waals surface area contributed by atoms with Crippen molar-refractivity contribution in [3.05, 3.63) is 24.3 Å². The van der Waals surface area contributed by atoms with Crippen molar-refractivity contribution in [1.82, 2.24) is 14.7 Å². The fraction of sp³-hybridized carbons (Fsp3) is 0.600. The van der Waals surface area contributed by atoms with Crippen LogP contribution in [0.1, 0.15) is 19.8 Å². The fourth-order valence-electron chi connectivity index (χ4n) is 3.70. The lowest BCUT2D eigenvalue weighted by Crippen LogP contribution is -2.54. The molecule has 9 heteroatoms. The maximum atomic E-state index is 12.5. The van der Waals surface area contributed by atoms with E-state index in [2.05, 4.69) is 19.9 Å². The van der Waals surface area contributed by atoms with Gasteiger partial charge in [0.1, 0.15) is 5.75 Å². The number of piperazine rings is 1. The van der Waals surface area contributed by atoms with E-state index in [1.165, 1.54) is 24.3 Å². The third kappa shape index (κ3) is 6.11. The lowest BCUT2D eigenvalue weighted by Gasteiger charge is -2.37. The number of ether oxygens (including phenoxy) is 1. The van der Waals surface area contributed by atoms with Crippen molar-refractivity contribution in [2.75, 3.05) is 51.1 Å². The van der Waals surface area contributed by atoms with Gasteiger partial charge in [0.25, 0.3) is 0 Å². The Balaban J connectivity index is 1.43. The Labute approximate surface area is 169 Å². The van der Waals surface area contributed by atoms with E-state index in [1.807, 2.05) is 11.8 Å². The first-order valence-electron chi connectivity index (χ1n) is 10.0. The van der Waals surface area contributed by atoms with Crippen LogP contribution in [-0.4, -0.2) is 85.0 Å². The molecule has 7 nitrogen and oxygen atoms in total. The number of halogens is 2. The second-order valence-corrected chi connectivity index (χ2v) is 7.47. The number of carbonyl (C=O) groups is 2. The number of carbonyl (C=O) groups excluding carboxylic acids is 2. The summed E-state index contributed by atoms with van der Waals surface area (Å²) in [6.45, 7) is 4.06. The molecule has 0 radical (unpaired) electrons. The monoisotopic (exact) mass is 410 g/mol. The molecule has 0 aromatic heterocycles. The molecule has 1 unspecified atom stereocenters. The van der Waals surface area contributed by atoms with Crippen LogP contribution < -0.4 is 10.1 Å². The summed E-state index contributed by atoms with van der Waals surface area (Å²) in [7, 11) is 0. The van der Waals surface area contributed by atoms with Crippen LogP contribution in [0.2, 0.25) is 0 Å². The molecule has 0 spiro atoms. The van der Waals surface area contributed by atoms with Crippen LogP contribution >= 0.6 is 0 Å². The van der Waals surface area contributed by atoms with E-state index in [-0.39, 0.29) is 23.6 Å². The quantitative estimate of drug-likeness (QED) is 0.743. The molecule has 1 N–H and O–H groups in total. The standard InChI is InChI=1S/C20H28F2N4O3/c1-15(19(28)23-16-4-6-17(7-5-16)29-20(21)22)25-12-10-24(11-13-25)14-18(27)26-8-2-3-9-26/h4-7,15,20H,2-3,8-14H2,1H3,(H,23,28). The number of likely N-dealkylation sites (tertiary alicyclic amines) is 1. The second kappa shape index (κ2) is 9.98. The summed E-state index contributed by atoms with van der Waals surface area (Å²) in [4.78, 5) is 31.0.